The molecule has 2 aromatic heterocycles. The molecule has 1 amide bonds. The van der Waals surface area contributed by atoms with E-state index in [2.05, 4.69) is 20.4 Å². The van der Waals surface area contributed by atoms with Gasteiger partial charge in [0.1, 0.15) is 5.69 Å². The van der Waals surface area contributed by atoms with Gasteiger partial charge in [0.15, 0.2) is 11.4 Å². The van der Waals surface area contributed by atoms with Crippen LogP contribution in [0.4, 0.5) is 0 Å². The highest BCUT2D eigenvalue weighted by molar-refractivity contribution is 5.95. The van der Waals surface area contributed by atoms with Crippen molar-refractivity contribution >= 4 is 5.91 Å². The minimum atomic E-state index is -0.286. The topological polar surface area (TPSA) is 107 Å². The predicted octanol–water partition coefficient (Wildman–Crippen LogP) is 0.977. The van der Waals surface area contributed by atoms with Gasteiger partial charge in [-0.1, -0.05) is 0 Å². The quantitative estimate of drug-likeness (QED) is 0.766. The summed E-state index contributed by atoms with van der Waals surface area (Å²) in [5, 5.41) is 23.6. The second-order valence-electron chi connectivity index (χ2n) is 5.47. The maximum Gasteiger partial charge on any atom is 0.276 e. The van der Waals surface area contributed by atoms with Crippen molar-refractivity contribution in [1.82, 2.24) is 25.3 Å². The van der Waals surface area contributed by atoms with Gasteiger partial charge in [0.2, 0.25) is 0 Å². The monoisotopic (exact) mass is 305 g/mol. The summed E-state index contributed by atoms with van der Waals surface area (Å²) in [5.74, 6) is -0.387. The maximum atomic E-state index is 12.8. The number of rotatable bonds is 2. The lowest BCUT2D eigenvalue weighted by molar-refractivity contribution is -0.00347. The van der Waals surface area contributed by atoms with Crippen LogP contribution in [0.1, 0.15) is 39.2 Å². The molecule has 0 saturated carbocycles. The Kier molecular flexibility index (Phi) is 3.61. The normalized spacial score (nSPS) is 18.7. The smallest absolute Gasteiger partial charge is 0.276 e. The van der Waals surface area contributed by atoms with E-state index in [9.17, 15) is 9.90 Å². The van der Waals surface area contributed by atoms with Crippen molar-refractivity contribution in [2.75, 3.05) is 19.8 Å². The van der Waals surface area contributed by atoms with Crippen molar-refractivity contribution in [3.05, 3.63) is 28.3 Å². The Bertz CT molecular complexity index is 686. The zero-order valence-electron chi connectivity index (χ0n) is 12.8. The number of hydrogen-bond donors (Lipinski definition) is 3. The number of morpholine rings is 1. The largest absolute Gasteiger partial charge is 0.504 e. The molecular weight excluding hydrogens is 286 g/mol. The number of aryl methyl sites for hydroxylation is 3. The van der Waals surface area contributed by atoms with Crippen LogP contribution in [0.5, 0.6) is 5.75 Å². The molecule has 0 spiro atoms. The Morgan fingerprint density at radius 3 is 2.59 bits per heavy atom. The fourth-order valence-corrected chi connectivity index (χ4v) is 2.86. The van der Waals surface area contributed by atoms with Gasteiger partial charge in [0.05, 0.1) is 24.9 Å². The van der Waals surface area contributed by atoms with Crippen LogP contribution in [0.2, 0.25) is 0 Å². The van der Waals surface area contributed by atoms with Crippen LogP contribution in [0.15, 0.2) is 0 Å². The van der Waals surface area contributed by atoms with Crippen molar-refractivity contribution in [1.29, 1.82) is 0 Å². The van der Waals surface area contributed by atoms with Gasteiger partial charge < -0.3 is 14.7 Å². The Labute approximate surface area is 127 Å². The summed E-state index contributed by atoms with van der Waals surface area (Å²) < 4.78 is 5.54. The minimum Gasteiger partial charge on any atom is -0.504 e. The number of carbonyl (C=O) groups excluding carboxylic acids is 1. The van der Waals surface area contributed by atoms with E-state index < -0.39 is 0 Å². The molecule has 1 aliphatic heterocycles. The molecule has 1 aliphatic rings. The van der Waals surface area contributed by atoms with Gasteiger partial charge in [0, 0.05) is 17.8 Å². The van der Waals surface area contributed by atoms with Crippen molar-refractivity contribution in [3.63, 3.8) is 0 Å². The highest BCUT2D eigenvalue weighted by atomic mass is 16.5. The Morgan fingerprint density at radius 1 is 1.27 bits per heavy atom. The molecule has 3 heterocycles. The second kappa shape index (κ2) is 5.45. The third-order valence-electron chi connectivity index (χ3n) is 4.04. The molecule has 3 rings (SSSR count). The highest BCUT2D eigenvalue weighted by Gasteiger charge is 2.34. The van der Waals surface area contributed by atoms with Gasteiger partial charge in [-0.15, -0.1) is 0 Å². The van der Waals surface area contributed by atoms with Gasteiger partial charge >= 0.3 is 0 Å². The minimum absolute atomic E-state index is 0.101. The Morgan fingerprint density at radius 2 is 2.00 bits per heavy atom. The fraction of sp³-hybridized carbons (Fsp3) is 0.500. The SMILES string of the molecule is Cc1n[nH]c(C(=O)N2CCOCC2c2c(C)n[nH]c2C)c1O. The number of aromatic hydroxyl groups is 1. The van der Waals surface area contributed by atoms with E-state index in [-0.39, 0.29) is 23.4 Å². The summed E-state index contributed by atoms with van der Waals surface area (Å²) in [6.45, 7) is 6.78. The molecule has 118 valence electrons. The summed E-state index contributed by atoms with van der Waals surface area (Å²) in [7, 11) is 0. The number of carbonyl (C=O) groups is 1. The third kappa shape index (κ3) is 2.25. The number of hydrogen-bond acceptors (Lipinski definition) is 5. The lowest BCUT2D eigenvalue weighted by Crippen LogP contribution is -2.44. The molecule has 2 aromatic rings. The molecule has 22 heavy (non-hydrogen) atoms. The summed E-state index contributed by atoms with van der Waals surface area (Å²) in [6, 6.07) is -0.233. The highest BCUT2D eigenvalue weighted by Crippen LogP contribution is 2.31. The number of H-pyrrole nitrogens is 2. The molecule has 3 N–H and O–H groups in total. The van der Waals surface area contributed by atoms with Gasteiger partial charge in [-0.25, -0.2) is 0 Å². The summed E-state index contributed by atoms with van der Waals surface area (Å²) in [5.41, 5.74) is 3.24. The van der Waals surface area contributed by atoms with Crippen molar-refractivity contribution in [2.24, 2.45) is 0 Å². The molecule has 1 atom stereocenters. The first-order chi connectivity index (χ1) is 10.5. The molecule has 1 fully saturated rings. The summed E-state index contributed by atoms with van der Waals surface area (Å²) in [6.07, 6.45) is 0. The van der Waals surface area contributed by atoms with Crippen LogP contribution in [-0.2, 0) is 4.74 Å². The Balaban J connectivity index is 1.96. The lowest BCUT2D eigenvalue weighted by atomic mass is 10.0. The third-order valence-corrected chi connectivity index (χ3v) is 4.04. The lowest BCUT2D eigenvalue weighted by Gasteiger charge is -2.35. The van der Waals surface area contributed by atoms with Crippen LogP contribution in [0.25, 0.3) is 0 Å². The number of nitrogens with one attached hydrogen (secondary N) is 2. The van der Waals surface area contributed by atoms with Crippen LogP contribution in [0, 0.1) is 20.8 Å². The van der Waals surface area contributed by atoms with Crippen molar-refractivity contribution < 1.29 is 14.6 Å². The fourth-order valence-electron chi connectivity index (χ4n) is 2.86. The molecule has 0 aromatic carbocycles. The number of aromatic amines is 2. The average Bonchev–Trinajstić information content (AvgIpc) is 3.02. The first-order valence-corrected chi connectivity index (χ1v) is 7.14. The van der Waals surface area contributed by atoms with E-state index in [1.54, 1.807) is 11.8 Å². The van der Waals surface area contributed by atoms with E-state index in [0.29, 0.717) is 25.5 Å². The van der Waals surface area contributed by atoms with Crippen molar-refractivity contribution in [3.8, 4) is 5.75 Å². The molecule has 8 heteroatoms. The predicted molar refractivity (Wildman–Crippen MR) is 77.6 cm³/mol. The molecule has 0 aliphatic carbocycles. The molecule has 0 bridgehead atoms. The van der Waals surface area contributed by atoms with E-state index in [0.717, 1.165) is 17.0 Å². The van der Waals surface area contributed by atoms with E-state index >= 15 is 0 Å². The van der Waals surface area contributed by atoms with Gasteiger partial charge in [-0.3, -0.25) is 15.0 Å². The molecule has 1 unspecified atom stereocenters. The van der Waals surface area contributed by atoms with E-state index in [1.807, 2.05) is 13.8 Å². The summed E-state index contributed by atoms with van der Waals surface area (Å²) in [4.78, 5) is 14.5. The second-order valence-corrected chi connectivity index (χ2v) is 5.47. The average molecular weight is 305 g/mol. The molecule has 1 saturated heterocycles. The van der Waals surface area contributed by atoms with Gasteiger partial charge in [0.25, 0.3) is 5.91 Å². The van der Waals surface area contributed by atoms with Gasteiger partial charge in [-0.05, 0) is 20.8 Å². The van der Waals surface area contributed by atoms with Crippen molar-refractivity contribution in [2.45, 2.75) is 26.8 Å². The van der Waals surface area contributed by atoms with E-state index in [1.165, 1.54) is 0 Å². The molecule has 0 radical (unpaired) electrons. The molecule has 8 nitrogen and oxygen atoms in total. The zero-order chi connectivity index (χ0) is 15.9. The van der Waals surface area contributed by atoms with Crippen LogP contribution in [0.3, 0.4) is 0 Å². The van der Waals surface area contributed by atoms with Crippen LogP contribution in [-0.4, -0.2) is 56.1 Å². The van der Waals surface area contributed by atoms with Gasteiger partial charge in [-0.2, -0.15) is 10.2 Å². The van der Waals surface area contributed by atoms with Crippen LogP contribution < -0.4 is 0 Å². The first-order valence-electron chi connectivity index (χ1n) is 7.14. The Hall–Kier alpha value is -2.35. The molecular formula is C14H19N5O3. The number of nitrogens with zero attached hydrogens (tertiary/aromatic N) is 3. The maximum absolute atomic E-state index is 12.8. The zero-order valence-corrected chi connectivity index (χ0v) is 12.8. The number of amides is 1. The number of aromatic nitrogens is 4. The van der Waals surface area contributed by atoms with E-state index in [4.69, 9.17) is 4.74 Å². The first kappa shape index (κ1) is 14.6. The standard InChI is InChI=1S/C14H19N5O3/c1-7-11(8(2)16-15-7)10-6-22-5-4-19(10)14(21)12-13(20)9(3)17-18-12/h10,20H,4-6H2,1-3H3,(H,15,16)(H,17,18). The summed E-state index contributed by atoms with van der Waals surface area (Å²) >= 11 is 0. The van der Waals surface area contributed by atoms with Crippen LogP contribution >= 0.6 is 0 Å². The number of ether oxygens (including phenoxy) is 1.